The van der Waals surface area contributed by atoms with Crippen molar-refractivity contribution in [3.63, 3.8) is 0 Å². The standard InChI is InChI=1S/C15H16O3/c1-8-9(2)14(17)15(18)10(3)13(8)11-4-6-12(16)7-5-11/h4-7,16-18H,1-3H3. The summed E-state index contributed by atoms with van der Waals surface area (Å²) in [6.45, 7) is 5.45. The van der Waals surface area contributed by atoms with Gasteiger partial charge in [-0.2, -0.15) is 0 Å². The van der Waals surface area contributed by atoms with Gasteiger partial charge in [0.05, 0.1) is 0 Å². The molecule has 0 aliphatic heterocycles. The molecule has 3 heteroatoms. The summed E-state index contributed by atoms with van der Waals surface area (Å²) < 4.78 is 0. The molecule has 0 saturated carbocycles. The molecule has 0 aliphatic carbocycles. The summed E-state index contributed by atoms with van der Waals surface area (Å²) in [6.07, 6.45) is 0. The zero-order valence-corrected chi connectivity index (χ0v) is 10.7. The highest BCUT2D eigenvalue weighted by Crippen LogP contribution is 2.42. The predicted octanol–water partition coefficient (Wildman–Crippen LogP) is 3.40. The van der Waals surface area contributed by atoms with Crippen LogP contribution in [0.5, 0.6) is 17.2 Å². The molecule has 0 bridgehead atoms. The molecule has 3 N–H and O–H groups in total. The SMILES string of the molecule is Cc1c(C)c(-c2ccc(O)cc2)c(C)c(O)c1O. The lowest BCUT2D eigenvalue weighted by Gasteiger charge is -2.16. The normalized spacial score (nSPS) is 10.6. The molecule has 0 aliphatic rings. The van der Waals surface area contributed by atoms with Crippen molar-refractivity contribution < 1.29 is 15.3 Å². The molecule has 0 spiro atoms. The van der Waals surface area contributed by atoms with Crippen LogP contribution in [0.4, 0.5) is 0 Å². The summed E-state index contributed by atoms with van der Waals surface area (Å²) in [4.78, 5) is 0. The van der Waals surface area contributed by atoms with Crippen LogP contribution in [-0.2, 0) is 0 Å². The van der Waals surface area contributed by atoms with E-state index in [2.05, 4.69) is 0 Å². The molecule has 94 valence electrons. The Morgan fingerprint density at radius 2 is 1.17 bits per heavy atom. The molecule has 0 fully saturated rings. The zero-order chi connectivity index (χ0) is 13.4. The van der Waals surface area contributed by atoms with E-state index in [9.17, 15) is 15.3 Å². The van der Waals surface area contributed by atoms with Gasteiger partial charge in [0.1, 0.15) is 5.75 Å². The Morgan fingerprint density at radius 3 is 1.72 bits per heavy atom. The third-order valence-electron chi connectivity index (χ3n) is 3.40. The van der Waals surface area contributed by atoms with Crippen molar-refractivity contribution in [2.24, 2.45) is 0 Å². The van der Waals surface area contributed by atoms with Crippen molar-refractivity contribution in [1.29, 1.82) is 0 Å². The van der Waals surface area contributed by atoms with Gasteiger partial charge in [0.2, 0.25) is 0 Å². The van der Waals surface area contributed by atoms with E-state index in [1.807, 2.05) is 6.92 Å². The molecule has 3 nitrogen and oxygen atoms in total. The minimum atomic E-state index is -0.0822. The molecule has 2 aromatic carbocycles. The second kappa shape index (κ2) is 4.26. The first kappa shape index (κ1) is 12.3. The van der Waals surface area contributed by atoms with E-state index in [0.717, 1.165) is 16.7 Å². The van der Waals surface area contributed by atoms with Crippen molar-refractivity contribution >= 4 is 0 Å². The van der Waals surface area contributed by atoms with Crippen LogP contribution >= 0.6 is 0 Å². The van der Waals surface area contributed by atoms with Crippen LogP contribution in [0.15, 0.2) is 24.3 Å². The maximum atomic E-state index is 9.91. The van der Waals surface area contributed by atoms with E-state index in [-0.39, 0.29) is 17.2 Å². The fourth-order valence-electron chi connectivity index (χ4n) is 2.18. The first-order valence-electron chi connectivity index (χ1n) is 5.74. The van der Waals surface area contributed by atoms with E-state index in [1.165, 1.54) is 0 Å². The largest absolute Gasteiger partial charge is 0.508 e. The van der Waals surface area contributed by atoms with Crippen LogP contribution in [0.25, 0.3) is 11.1 Å². The number of benzene rings is 2. The molecule has 18 heavy (non-hydrogen) atoms. The number of aromatic hydroxyl groups is 3. The number of phenolic OH excluding ortho intramolecular Hbond substituents is 3. The van der Waals surface area contributed by atoms with E-state index in [4.69, 9.17) is 0 Å². The van der Waals surface area contributed by atoms with E-state index in [1.54, 1.807) is 38.1 Å². The molecule has 2 aromatic rings. The average Bonchev–Trinajstić information content (AvgIpc) is 2.36. The Bertz CT molecular complexity index is 569. The van der Waals surface area contributed by atoms with Crippen LogP contribution in [0.3, 0.4) is 0 Å². The number of rotatable bonds is 1. The van der Waals surface area contributed by atoms with Gasteiger partial charge >= 0.3 is 0 Å². The highest BCUT2D eigenvalue weighted by molar-refractivity contribution is 5.77. The molecule has 2 rings (SSSR count). The molecular formula is C15H16O3. The van der Waals surface area contributed by atoms with Crippen molar-refractivity contribution in [3.05, 3.63) is 41.0 Å². The van der Waals surface area contributed by atoms with Gasteiger partial charge in [-0.05, 0) is 55.2 Å². The van der Waals surface area contributed by atoms with Gasteiger partial charge < -0.3 is 15.3 Å². The summed E-state index contributed by atoms with van der Waals surface area (Å²) in [6, 6.07) is 6.79. The smallest absolute Gasteiger partial charge is 0.161 e. The van der Waals surface area contributed by atoms with Crippen molar-refractivity contribution in [3.8, 4) is 28.4 Å². The van der Waals surface area contributed by atoms with Gasteiger partial charge in [-0.1, -0.05) is 12.1 Å². The van der Waals surface area contributed by atoms with E-state index >= 15 is 0 Å². The minimum absolute atomic E-state index is 0.0625. The third-order valence-corrected chi connectivity index (χ3v) is 3.40. The Balaban J connectivity index is 2.75. The zero-order valence-electron chi connectivity index (χ0n) is 10.7. The number of phenols is 3. The van der Waals surface area contributed by atoms with E-state index in [0.29, 0.717) is 11.1 Å². The predicted molar refractivity (Wildman–Crippen MR) is 71.1 cm³/mol. The van der Waals surface area contributed by atoms with Gasteiger partial charge in [-0.15, -0.1) is 0 Å². The summed E-state index contributed by atoms with van der Waals surface area (Å²) in [5, 5.41) is 29.0. The van der Waals surface area contributed by atoms with Crippen molar-refractivity contribution in [2.45, 2.75) is 20.8 Å². The van der Waals surface area contributed by atoms with Crippen molar-refractivity contribution in [1.82, 2.24) is 0 Å². The Kier molecular flexibility index (Phi) is 2.91. The molecule has 0 unspecified atom stereocenters. The lowest BCUT2D eigenvalue weighted by atomic mass is 9.91. The van der Waals surface area contributed by atoms with Gasteiger partial charge in [-0.25, -0.2) is 0 Å². The molecular weight excluding hydrogens is 228 g/mol. The maximum Gasteiger partial charge on any atom is 0.161 e. The summed E-state index contributed by atoms with van der Waals surface area (Å²) in [5.41, 5.74) is 4.03. The second-order valence-corrected chi connectivity index (χ2v) is 4.49. The van der Waals surface area contributed by atoms with Crippen LogP contribution in [0.2, 0.25) is 0 Å². The summed E-state index contributed by atoms with van der Waals surface area (Å²) >= 11 is 0. The highest BCUT2D eigenvalue weighted by atomic mass is 16.3. The number of hydrogen-bond acceptors (Lipinski definition) is 3. The molecule has 0 heterocycles. The van der Waals surface area contributed by atoms with Gasteiger partial charge in [-0.3, -0.25) is 0 Å². The Labute approximate surface area is 106 Å². The number of hydrogen-bond donors (Lipinski definition) is 3. The fraction of sp³-hybridized carbons (Fsp3) is 0.200. The maximum absolute atomic E-state index is 9.91. The Hall–Kier alpha value is -2.16. The molecule has 0 saturated heterocycles. The van der Waals surface area contributed by atoms with Gasteiger partial charge in [0.25, 0.3) is 0 Å². The fourth-order valence-corrected chi connectivity index (χ4v) is 2.18. The van der Waals surface area contributed by atoms with Crippen LogP contribution in [0.1, 0.15) is 16.7 Å². The lowest BCUT2D eigenvalue weighted by Crippen LogP contribution is -1.93. The quantitative estimate of drug-likeness (QED) is 0.674. The van der Waals surface area contributed by atoms with E-state index < -0.39 is 0 Å². The van der Waals surface area contributed by atoms with Gasteiger partial charge in [0.15, 0.2) is 11.5 Å². The monoisotopic (exact) mass is 244 g/mol. The summed E-state index contributed by atoms with van der Waals surface area (Å²) in [7, 11) is 0. The molecule has 0 aromatic heterocycles. The molecule has 0 amide bonds. The third kappa shape index (κ3) is 1.78. The van der Waals surface area contributed by atoms with Crippen LogP contribution < -0.4 is 0 Å². The van der Waals surface area contributed by atoms with Crippen molar-refractivity contribution in [2.75, 3.05) is 0 Å². The lowest BCUT2D eigenvalue weighted by molar-refractivity contribution is 0.398. The minimum Gasteiger partial charge on any atom is -0.508 e. The van der Waals surface area contributed by atoms with Gasteiger partial charge in [0, 0.05) is 5.56 Å². The second-order valence-electron chi connectivity index (χ2n) is 4.49. The van der Waals surface area contributed by atoms with Crippen LogP contribution in [-0.4, -0.2) is 15.3 Å². The first-order valence-corrected chi connectivity index (χ1v) is 5.74. The first-order chi connectivity index (χ1) is 8.43. The Morgan fingerprint density at radius 1 is 0.667 bits per heavy atom. The topological polar surface area (TPSA) is 60.7 Å². The summed E-state index contributed by atoms with van der Waals surface area (Å²) in [5.74, 6) is 0.0579. The highest BCUT2D eigenvalue weighted by Gasteiger charge is 2.17. The molecule has 0 atom stereocenters. The average molecular weight is 244 g/mol. The van der Waals surface area contributed by atoms with Crippen LogP contribution in [0, 0.1) is 20.8 Å². The molecule has 0 radical (unpaired) electrons.